The smallest absolute Gasteiger partial charge is 0 e. The van der Waals surface area contributed by atoms with Gasteiger partial charge in [0.1, 0.15) is 0 Å². The molecule has 0 aromatic rings. The molecule has 54 valence electrons. The van der Waals surface area contributed by atoms with Crippen LogP contribution in [-0.2, 0) is 19.5 Å². The molecule has 0 saturated heterocycles. The summed E-state index contributed by atoms with van der Waals surface area (Å²) in [7, 11) is 0. The maximum absolute atomic E-state index is 0. The fraction of sp³-hybridized carbons (Fsp3) is 0. The maximum Gasteiger partial charge on any atom is 0 e. The van der Waals surface area contributed by atoms with Crippen molar-refractivity contribution in [2.24, 2.45) is 0 Å². The fourth-order valence-electron chi connectivity index (χ4n) is 0. The summed E-state index contributed by atoms with van der Waals surface area (Å²) in [6, 6.07) is 0. The topological polar surface area (TPSA) is 189 Å². The van der Waals surface area contributed by atoms with Gasteiger partial charge in [-0.25, -0.2) is 0 Å². The minimum atomic E-state index is 0. The molecule has 6 nitrogen and oxygen atoms in total. The van der Waals surface area contributed by atoms with Gasteiger partial charge in [0.25, 0.3) is 0 Å². The third-order valence-electron chi connectivity index (χ3n) is 0. The first kappa shape index (κ1) is 440. The van der Waals surface area contributed by atoms with E-state index in [1.54, 1.807) is 0 Å². The van der Waals surface area contributed by atoms with E-state index in [-0.39, 0.29) is 76.2 Å². The van der Waals surface area contributed by atoms with Crippen molar-refractivity contribution in [1.29, 1.82) is 0 Å². The van der Waals surface area contributed by atoms with Crippen molar-refractivity contribution < 1.29 is 52.3 Å². The van der Waals surface area contributed by atoms with Crippen LogP contribution in [0.25, 0.3) is 0 Å². The average molecular weight is 292 g/mol. The van der Waals surface area contributed by atoms with Crippen molar-refractivity contribution in [3.05, 3.63) is 0 Å². The molecule has 4 radical (unpaired) electrons. The van der Waals surface area contributed by atoms with Gasteiger partial charge < -0.3 is 32.9 Å². The van der Waals surface area contributed by atoms with Crippen LogP contribution in [0.2, 0.25) is 0 Å². The van der Waals surface area contributed by atoms with Crippen molar-refractivity contribution in [3.8, 4) is 0 Å². The molecule has 0 rings (SSSR count). The Morgan fingerprint density at radius 1 is 0.375 bits per heavy atom. The van der Waals surface area contributed by atoms with Gasteiger partial charge in [0.05, 0.1) is 0 Å². The van der Waals surface area contributed by atoms with Crippen LogP contribution in [0.15, 0.2) is 0 Å². The van der Waals surface area contributed by atoms with Crippen molar-refractivity contribution in [1.82, 2.24) is 0 Å². The Hall–Kier alpha value is 1.18. The molecule has 0 atom stereocenters. The molecule has 0 unspecified atom stereocenters. The Morgan fingerprint density at radius 2 is 0.375 bits per heavy atom. The van der Waals surface area contributed by atoms with Crippen LogP contribution in [-0.4, -0.2) is 56.8 Å². The third-order valence-corrected chi connectivity index (χ3v) is 0. The predicted octanol–water partition coefficient (Wildman–Crippen LogP) is -5.33. The van der Waals surface area contributed by atoms with Crippen LogP contribution < -0.4 is 0 Å². The maximum atomic E-state index is 0. The van der Waals surface area contributed by atoms with Gasteiger partial charge in [0, 0.05) is 43.4 Å². The minimum absolute atomic E-state index is 0. The number of hydrogen-bond acceptors (Lipinski definition) is 0. The largest absolute Gasteiger partial charge is 0.412 e. The first-order valence-corrected chi connectivity index (χ1v) is 0. The second-order valence-electron chi connectivity index (χ2n) is 0. The Morgan fingerprint density at radius 3 is 0.375 bits per heavy atom. The molecule has 0 aromatic carbocycles. The minimum Gasteiger partial charge on any atom is -0.412 e. The van der Waals surface area contributed by atoms with Crippen LogP contribution in [0.1, 0.15) is 0 Å². The second kappa shape index (κ2) is 302. The fourth-order valence-corrected chi connectivity index (χ4v) is 0. The molecule has 12 N–H and O–H groups in total. The second-order valence-corrected chi connectivity index (χ2v) is 0. The Bertz CT molecular complexity index is 8.49. The van der Waals surface area contributed by atoms with Gasteiger partial charge in [-0.2, -0.15) is 0 Å². The first-order valence-electron chi connectivity index (χ1n) is 0. The summed E-state index contributed by atoms with van der Waals surface area (Å²) in [5.41, 5.74) is 0. The molecule has 0 aliphatic carbocycles. The van der Waals surface area contributed by atoms with Crippen LogP contribution in [0.3, 0.4) is 0 Å². The van der Waals surface area contributed by atoms with E-state index in [2.05, 4.69) is 0 Å². The third kappa shape index (κ3) is 196. The van der Waals surface area contributed by atoms with Gasteiger partial charge in [-0.1, -0.05) is 0 Å². The van der Waals surface area contributed by atoms with E-state index in [0.717, 1.165) is 0 Å². The standard InChI is InChI=1S/6H2O.Sn.Zn/h6*1H2;;. The summed E-state index contributed by atoms with van der Waals surface area (Å²) < 4.78 is 0. The molecule has 0 heterocycles. The molecule has 8 heteroatoms. The summed E-state index contributed by atoms with van der Waals surface area (Å²) in [5, 5.41) is 0. The van der Waals surface area contributed by atoms with Gasteiger partial charge in [0.15, 0.2) is 0 Å². The van der Waals surface area contributed by atoms with Crippen molar-refractivity contribution in [3.63, 3.8) is 0 Å². The zero-order valence-corrected chi connectivity index (χ0v) is 10.0. The zero-order chi connectivity index (χ0) is 0. The quantitative estimate of drug-likeness (QED) is 0.385. The van der Waals surface area contributed by atoms with Gasteiger partial charge in [-0.3, -0.25) is 0 Å². The van der Waals surface area contributed by atoms with Gasteiger partial charge in [-0.05, 0) is 0 Å². The van der Waals surface area contributed by atoms with E-state index in [0.29, 0.717) is 0 Å². The molecule has 0 aromatic heterocycles. The zero-order valence-electron chi connectivity index (χ0n) is 4.21. The van der Waals surface area contributed by atoms with Crippen LogP contribution in [0.5, 0.6) is 0 Å². The summed E-state index contributed by atoms with van der Waals surface area (Å²) in [6.07, 6.45) is 0. The summed E-state index contributed by atoms with van der Waals surface area (Å²) in [6.45, 7) is 0. The predicted molar refractivity (Wildman–Crippen MR) is 27.4 cm³/mol. The van der Waals surface area contributed by atoms with Gasteiger partial charge >= 0.3 is 0 Å². The monoisotopic (exact) mass is 292 g/mol. The number of hydrogen-bond donors (Lipinski definition) is 0. The molecule has 0 fully saturated rings. The summed E-state index contributed by atoms with van der Waals surface area (Å²) in [5.74, 6) is 0. The molecular formula is H12O6SnZn. The Labute approximate surface area is 76.2 Å². The molecule has 0 aliphatic rings. The van der Waals surface area contributed by atoms with E-state index < -0.39 is 0 Å². The van der Waals surface area contributed by atoms with E-state index in [1.807, 2.05) is 0 Å². The van der Waals surface area contributed by atoms with Crippen molar-refractivity contribution in [2.75, 3.05) is 0 Å². The van der Waals surface area contributed by atoms with Gasteiger partial charge in [0.2, 0.25) is 0 Å². The van der Waals surface area contributed by atoms with Crippen LogP contribution in [0, 0.1) is 0 Å². The molecule has 0 aliphatic heterocycles. The van der Waals surface area contributed by atoms with E-state index in [9.17, 15) is 0 Å². The van der Waals surface area contributed by atoms with Crippen LogP contribution >= 0.6 is 0 Å². The van der Waals surface area contributed by atoms with Crippen molar-refractivity contribution in [2.45, 2.75) is 0 Å². The molecule has 0 saturated carbocycles. The molecule has 0 spiro atoms. The Balaban J connectivity index is 0. The average Bonchev–Trinajstić information content (AvgIpc) is 0. The van der Waals surface area contributed by atoms with Gasteiger partial charge in [-0.15, -0.1) is 0 Å². The first-order chi connectivity index (χ1) is 0. The summed E-state index contributed by atoms with van der Waals surface area (Å²) in [4.78, 5) is 0. The molecular weight excluding hydrogens is 280 g/mol. The number of rotatable bonds is 0. The van der Waals surface area contributed by atoms with E-state index >= 15 is 0 Å². The Kier molecular flexibility index (Phi) is 16600. The molecule has 0 bridgehead atoms. The summed E-state index contributed by atoms with van der Waals surface area (Å²) >= 11 is 0. The molecule has 0 amide bonds. The van der Waals surface area contributed by atoms with Crippen molar-refractivity contribution >= 4 is 23.9 Å². The van der Waals surface area contributed by atoms with E-state index in [1.165, 1.54) is 0 Å². The SMILES string of the molecule is O.O.O.O.O.O.[Sn].[Zn]. The normalized spacial score (nSPS) is 0. The molecule has 8 heavy (non-hydrogen) atoms. The van der Waals surface area contributed by atoms with E-state index in [4.69, 9.17) is 0 Å². The van der Waals surface area contributed by atoms with Crippen LogP contribution in [0.4, 0.5) is 0 Å².